The summed E-state index contributed by atoms with van der Waals surface area (Å²) >= 11 is 15.0. The number of carboxylic acid groups (broad SMARTS) is 1. The maximum atomic E-state index is 11.7. The van der Waals surface area contributed by atoms with Crippen molar-refractivity contribution >= 4 is 51.1 Å². The zero-order valence-corrected chi connectivity index (χ0v) is 14.5. The third kappa shape index (κ3) is 4.86. The molecule has 2 aromatic carbocycles. The van der Waals surface area contributed by atoms with Gasteiger partial charge in [-0.25, -0.2) is 9.59 Å². The Kier molecular flexibility index (Phi) is 5.87. The van der Waals surface area contributed by atoms with Gasteiger partial charge in [-0.15, -0.1) is 0 Å². The van der Waals surface area contributed by atoms with E-state index >= 15 is 0 Å². The first-order valence-electron chi connectivity index (χ1n) is 6.18. The normalized spacial score (nSPS) is 10.2. The monoisotopic (exact) mass is 418 g/mol. The summed E-state index contributed by atoms with van der Waals surface area (Å²) in [5, 5.41) is 9.46. The molecule has 0 fully saturated rings. The van der Waals surface area contributed by atoms with E-state index < -0.39 is 11.9 Å². The van der Waals surface area contributed by atoms with E-state index in [4.69, 9.17) is 37.8 Å². The summed E-state index contributed by atoms with van der Waals surface area (Å²) in [5.74, 6) is -1.24. The SMILES string of the molecule is O=C(COc1c(Cl)cc(Cl)cc1Br)Oc1ccc(C(=O)O)cc1. The quantitative estimate of drug-likeness (QED) is 0.572. The zero-order valence-electron chi connectivity index (χ0n) is 11.4. The van der Waals surface area contributed by atoms with Crippen molar-refractivity contribution < 1.29 is 24.2 Å². The number of carbonyl (C=O) groups is 2. The maximum absolute atomic E-state index is 11.7. The fourth-order valence-corrected chi connectivity index (χ4v) is 2.99. The Hall–Kier alpha value is -1.76. The first-order chi connectivity index (χ1) is 10.9. The van der Waals surface area contributed by atoms with Crippen LogP contribution in [-0.4, -0.2) is 23.7 Å². The molecule has 2 rings (SSSR count). The van der Waals surface area contributed by atoms with Gasteiger partial charge in [0.25, 0.3) is 0 Å². The molecule has 0 radical (unpaired) electrons. The second-order valence-electron chi connectivity index (χ2n) is 4.29. The van der Waals surface area contributed by atoms with E-state index in [9.17, 15) is 9.59 Å². The van der Waals surface area contributed by atoms with Crippen LogP contribution in [0.15, 0.2) is 40.9 Å². The van der Waals surface area contributed by atoms with Gasteiger partial charge < -0.3 is 14.6 Å². The molecule has 0 saturated heterocycles. The van der Waals surface area contributed by atoms with Gasteiger partial charge in [0.05, 0.1) is 15.1 Å². The molecule has 0 amide bonds. The molecule has 0 aliphatic rings. The number of benzene rings is 2. The number of aromatic carboxylic acids is 1. The lowest BCUT2D eigenvalue weighted by atomic mass is 10.2. The van der Waals surface area contributed by atoms with Gasteiger partial charge in [0.2, 0.25) is 0 Å². The van der Waals surface area contributed by atoms with E-state index in [0.29, 0.717) is 9.50 Å². The van der Waals surface area contributed by atoms with Crippen molar-refractivity contribution in [3.05, 3.63) is 56.5 Å². The molecule has 1 N–H and O–H groups in total. The highest BCUT2D eigenvalue weighted by atomic mass is 79.9. The highest BCUT2D eigenvalue weighted by Crippen LogP contribution is 2.36. The Morgan fingerprint density at radius 2 is 1.78 bits per heavy atom. The van der Waals surface area contributed by atoms with Crippen molar-refractivity contribution in [3.8, 4) is 11.5 Å². The largest absolute Gasteiger partial charge is 0.479 e. The van der Waals surface area contributed by atoms with Crippen LogP contribution in [0.5, 0.6) is 11.5 Å². The molecular formula is C15H9BrCl2O5. The van der Waals surface area contributed by atoms with E-state index in [1.165, 1.54) is 30.3 Å². The predicted molar refractivity (Wildman–Crippen MR) is 88.7 cm³/mol. The van der Waals surface area contributed by atoms with Gasteiger partial charge in [-0.1, -0.05) is 23.2 Å². The first-order valence-corrected chi connectivity index (χ1v) is 7.73. The fraction of sp³-hybridized carbons (Fsp3) is 0.0667. The van der Waals surface area contributed by atoms with E-state index in [0.717, 1.165) is 0 Å². The Labute approximate surface area is 149 Å². The van der Waals surface area contributed by atoms with Crippen molar-refractivity contribution in [1.82, 2.24) is 0 Å². The highest BCUT2D eigenvalue weighted by molar-refractivity contribution is 9.10. The number of carbonyl (C=O) groups excluding carboxylic acids is 1. The predicted octanol–water partition coefficient (Wildman–Crippen LogP) is 4.44. The average Bonchev–Trinajstić information content (AvgIpc) is 2.46. The minimum absolute atomic E-state index is 0.0953. The number of hydrogen-bond acceptors (Lipinski definition) is 4. The van der Waals surface area contributed by atoms with Crippen LogP contribution in [0.25, 0.3) is 0 Å². The highest BCUT2D eigenvalue weighted by Gasteiger charge is 2.13. The molecule has 0 spiro atoms. The van der Waals surface area contributed by atoms with Crippen LogP contribution < -0.4 is 9.47 Å². The van der Waals surface area contributed by atoms with Crippen LogP contribution in [-0.2, 0) is 4.79 Å². The number of esters is 1. The molecule has 0 bridgehead atoms. The number of hydrogen-bond donors (Lipinski definition) is 1. The van der Waals surface area contributed by atoms with Gasteiger partial charge >= 0.3 is 11.9 Å². The van der Waals surface area contributed by atoms with Crippen molar-refractivity contribution in [1.29, 1.82) is 0 Å². The van der Waals surface area contributed by atoms with Gasteiger partial charge in [-0.3, -0.25) is 0 Å². The zero-order chi connectivity index (χ0) is 17.0. The smallest absolute Gasteiger partial charge is 0.349 e. The molecule has 0 atom stereocenters. The number of halogens is 3. The molecule has 0 saturated carbocycles. The summed E-state index contributed by atoms with van der Waals surface area (Å²) in [6.45, 7) is -0.374. The van der Waals surface area contributed by atoms with Crippen LogP contribution in [0.1, 0.15) is 10.4 Å². The van der Waals surface area contributed by atoms with Gasteiger partial charge in [-0.05, 0) is 52.3 Å². The fourth-order valence-electron chi connectivity index (χ4n) is 1.62. The van der Waals surface area contributed by atoms with E-state index in [-0.39, 0.29) is 28.7 Å². The standard InChI is InChI=1S/C15H9BrCl2O5/c16-11-5-9(17)6-12(18)14(11)22-7-13(19)23-10-3-1-8(2-4-10)15(20)21/h1-6H,7H2,(H,20,21). The maximum Gasteiger partial charge on any atom is 0.349 e. The molecule has 5 nitrogen and oxygen atoms in total. The average molecular weight is 420 g/mol. The summed E-state index contributed by atoms with van der Waals surface area (Å²) in [4.78, 5) is 22.5. The molecule has 0 aliphatic carbocycles. The van der Waals surface area contributed by atoms with Gasteiger partial charge in [0.15, 0.2) is 12.4 Å². The van der Waals surface area contributed by atoms with Gasteiger partial charge in [0, 0.05) is 5.02 Å². The topological polar surface area (TPSA) is 72.8 Å². The Morgan fingerprint density at radius 1 is 1.13 bits per heavy atom. The number of carboxylic acids is 1. The van der Waals surface area contributed by atoms with Crippen LogP contribution in [0.2, 0.25) is 10.0 Å². The Balaban J connectivity index is 1.96. The third-order valence-electron chi connectivity index (χ3n) is 2.63. The van der Waals surface area contributed by atoms with Gasteiger partial charge in [0.1, 0.15) is 5.75 Å². The Bertz CT molecular complexity index is 723. The van der Waals surface area contributed by atoms with Crippen LogP contribution in [0.4, 0.5) is 0 Å². The second kappa shape index (κ2) is 7.68. The lowest BCUT2D eigenvalue weighted by Gasteiger charge is -2.10. The minimum atomic E-state index is -1.06. The molecule has 120 valence electrons. The molecule has 0 aromatic heterocycles. The lowest BCUT2D eigenvalue weighted by molar-refractivity contribution is -0.136. The van der Waals surface area contributed by atoms with Crippen molar-refractivity contribution in [2.75, 3.05) is 6.61 Å². The summed E-state index contributed by atoms with van der Waals surface area (Å²) in [6.07, 6.45) is 0. The molecule has 23 heavy (non-hydrogen) atoms. The molecule has 0 heterocycles. The number of ether oxygens (including phenoxy) is 2. The molecule has 0 unspecified atom stereocenters. The van der Waals surface area contributed by atoms with E-state index in [2.05, 4.69) is 15.9 Å². The molecular weight excluding hydrogens is 411 g/mol. The van der Waals surface area contributed by atoms with Crippen LogP contribution >= 0.6 is 39.1 Å². The lowest BCUT2D eigenvalue weighted by Crippen LogP contribution is -2.18. The van der Waals surface area contributed by atoms with Crippen LogP contribution in [0.3, 0.4) is 0 Å². The summed E-state index contributed by atoms with van der Waals surface area (Å²) in [5.41, 5.74) is 0.0953. The van der Waals surface area contributed by atoms with E-state index in [1.54, 1.807) is 6.07 Å². The molecule has 2 aromatic rings. The third-order valence-corrected chi connectivity index (χ3v) is 3.72. The van der Waals surface area contributed by atoms with Crippen molar-refractivity contribution in [3.63, 3.8) is 0 Å². The molecule has 8 heteroatoms. The first kappa shape index (κ1) is 17.6. The molecule has 0 aliphatic heterocycles. The summed E-state index contributed by atoms with van der Waals surface area (Å²) < 4.78 is 10.9. The van der Waals surface area contributed by atoms with Crippen molar-refractivity contribution in [2.24, 2.45) is 0 Å². The van der Waals surface area contributed by atoms with Crippen molar-refractivity contribution in [2.45, 2.75) is 0 Å². The van der Waals surface area contributed by atoms with Gasteiger partial charge in [-0.2, -0.15) is 0 Å². The Morgan fingerprint density at radius 3 is 2.35 bits per heavy atom. The van der Waals surface area contributed by atoms with E-state index in [1.807, 2.05) is 0 Å². The van der Waals surface area contributed by atoms with Crippen LogP contribution in [0, 0.1) is 0 Å². The summed E-state index contributed by atoms with van der Waals surface area (Å²) in [6, 6.07) is 8.49. The summed E-state index contributed by atoms with van der Waals surface area (Å²) in [7, 11) is 0. The second-order valence-corrected chi connectivity index (χ2v) is 5.99. The minimum Gasteiger partial charge on any atom is -0.479 e. The number of rotatable bonds is 5.